The Morgan fingerprint density at radius 1 is 1.14 bits per heavy atom. The molecule has 2 aromatic carbocycles. The van der Waals surface area contributed by atoms with Crippen LogP contribution in [0.1, 0.15) is 18.1 Å². The molecule has 3 nitrogen and oxygen atoms in total. The highest BCUT2D eigenvalue weighted by atomic mass is 35.5. The van der Waals surface area contributed by atoms with E-state index in [1.165, 1.54) is 0 Å². The number of carbonyl (C=O) groups excluding carboxylic acids is 1. The Balaban J connectivity index is 2.02. The Kier molecular flexibility index (Phi) is 4.86. The topological polar surface area (TPSA) is 38.3 Å². The van der Waals surface area contributed by atoms with Crippen molar-refractivity contribution in [1.29, 1.82) is 0 Å². The van der Waals surface area contributed by atoms with E-state index in [0.717, 1.165) is 16.9 Å². The van der Waals surface area contributed by atoms with Crippen molar-refractivity contribution >= 4 is 23.2 Å². The fourth-order valence-electron chi connectivity index (χ4n) is 1.87. The first-order valence-electron chi connectivity index (χ1n) is 6.76. The second kappa shape index (κ2) is 6.64. The van der Waals surface area contributed by atoms with Gasteiger partial charge in [0, 0.05) is 10.7 Å². The van der Waals surface area contributed by atoms with Gasteiger partial charge in [-0.15, -0.1) is 0 Å². The van der Waals surface area contributed by atoms with E-state index in [2.05, 4.69) is 5.32 Å². The Labute approximate surface area is 129 Å². The van der Waals surface area contributed by atoms with Crippen molar-refractivity contribution in [1.82, 2.24) is 0 Å². The molecule has 0 radical (unpaired) electrons. The third-order valence-corrected chi connectivity index (χ3v) is 3.59. The van der Waals surface area contributed by atoms with Gasteiger partial charge < -0.3 is 10.1 Å². The molecule has 0 spiro atoms. The lowest BCUT2D eigenvalue weighted by Gasteiger charge is -2.17. The summed E-state index contributed by atoms with van der Waals surface area (Å²) in [6.45, 7) is 5.72. The van der Waals surface area contributed by atoms with Gasteiger partial charge in [0.05, 0.1) is 0 Å². The highest BCUT2D eigenvalue weighted by Crippen LogP contribution is 2.22. The summed E-state index contributed by atoms with van der Waals surface area (Å²) in [4.78, 5) is 12.1. The van der Waals surface area contributed by atoms with Crippen molar-refractivity contribution in [3.8, 4) is 5.75 Å². The smallest absolute Gasteiger partial charge is 0.265 e. The second-order valence-corrected chi connectivity index (χ2v) is 5.39. The number of carbonyl (C=O) groups is 1. The second-order valence-electron chi connectivity index (χ2n) is 4.95. The molecule has 0 aliphatic carbocycles. The SMILES string of the molecule is Cc1cccc(O[C@@H](C)C(=O)Nc2ccc(Cl)cc2)c1C. The van der Waals surface area contributed by atoms with Crippen molar-refractivity contribution < 1.29 is 9.53 Å². The average molecular weight is 304 g/mol. The van der Waals surface area contributed by atoms with Crippen LogP contribution in [-0.4, -0.2) is 12.0 Å². The molecule has 0 heterocycles. The van der Waals surface area contributed by atoms with Gasteiger partial charge in [0.2, 0.25) is 0 Å². The number of hydrogen-bond donors (Lipinski definition) is 1. The zero-order chi connectivity index (χ0) is 15.4. The van der Waals surface area contributed by atoms with Gasteiger partial charge in [-0.1, -0.05) is 23.7 Å². The van der Waals surface area contributed by atoms with Crippen LogP contribution in [0.15, 0.2) is 42.5 Å². The summed E-state index contributed by atoms with van der Waals surface area (Å²) in [5.74, 6) is 0.534. The van der Waals surface area contributed by atoms with Gasteiger partial charge in [0.25, 0.3) is 5.91 Å². The number of benzene rings is 2. The third-order valence-electron chi connectivity index (χ3n) is 3.34. The summed E-state index contributed by atoms with van der Waals surface area (Å²) in [5, 5.41) is 3.43. The number of aryl methyl sites for hydroxylation is 1. The van der Waals surface area contributed by atoms with E-state index in [1.807, 2.05) is 32.0 Å². The third kappa shape index (κ3) is 3.99. The van der Waals surface area contributed by atoms with E-state index in [-0.39, 0.29) is 5.91 Å². The molecule has 0 unspecified atom stereocenters. The Bertz CT molecular complexity index is 638. The van der Waals surface area contributed by atoms with E-state index < -0.39 is 6.10 Å². The van der Waals surface area contributed by atoms with Crippen LogP contribution in [0.25, 0.3) is 0 Å². The largest absolute Gasteiger partial charge is 0.481 e. The molecule has 0 aromatic heterocycles. The summed E-state index contributed by atoms with van der Waals surface area (Å²) in [7, 11) is 0. The number of halogens is 1. The van der Waals surface area contributed by atoms with Crippen LogP contribution in [0.5, 0.6) is 5.75 Å². The lowest BCUT2D eigenvalue weighted by molar-refractivity contribution is -0.122. The van der Waals surface area contributed by atoms with E-state index in [0.29, 0.717) is 10.7 Å². The van der Waals surface area contributed by atoms with Gasteiger partial charge in [-0.25, -0.2) is 0 Å². The number of ether oxygens (including phenoxy) is 1. The van der Waals surface area contributed by atoms with Crippen LogP contribution >= 0.6 is 11.6 Å². The predicted octanol–water partition coefficient (Wildman–Crippen LogP) is 4.36. The molecule has 0 aliphatic heterocycles. The van der Waals surface area contributed by atoms with Crippen molar-refractivity contribution in [3.05, 3.63) is 58.6 Å². The summed E-state index contributed by atoms with van der Waals surface area (Å²) < 4.78 is 5.75. The molecule has 21 heavy (non-hydrogen) atoms. The summed E-state index contributed by atoms with van der Waals surface area (Å²) >= 11 is 5.81. The van der Waals surface area contributed by atoms with Crippen molar-refractivity contribution in [2.45, 2.75) is 26.9 Å². The predicted molar refractivity (Wildman–Crippen MR) is 86.1 cm³/mol. The standard InChI is InChI=1S/C17H18ClNO2/c1-11-5-4-6-16(12(11)2)21-13(3)17(20)19-15-9-7-14(18)8-10-15/h4-10,13H,1-3H3,(H,19,20)/t13-/m0/s1. The molecule has 0 fully saturated rings. The van der Waals surface area contributed by atoms with E-state index in [9.17, 15) is 4.79 Å². The maximum Gasteiger partial charge on any atom is 0.265 e. The first kappa shape index (κ1) is 15.4. The maximum absolute atomic E-state index is 12.1. The lowest BCUT2D eigenvalue weighted by atomic mass is 10.1. The Hall–Kier alpha value is -2.00. The zero-order valence-corrected chi connectivity index (χ0v) is 13.1. The lowest BCUT2D eigenvalue weighted by Crippen LogP contribution is -2.30. The van der Waals surface area contributed by atoms with Crippen LogP contribution < -0.4 is 10.1 Å². The van der Waals surface area contributed by atoms with Gasteiger partial charge >= 0.3 is 0 Å². The van der Waals surface area contributed by atoms with Crippen LogP contribution in [0, 0.1) is 13.8 Å². The van der Waals surface area contributed by atoms with Crippen molar-refractivity contribution in [2.24, 2.45) is 0 Å². The zero-order valence-electron chi connectivity index (χ0n) is 12.3. The first-order chi connectivity index (χ1) is 9.97. The monoisotopic (exact) mass is 303 g/mol. The van der Waals surface area contributed by atoms with Gasteiger partial charge in [-0.05, 0) is 62.2 Å². The fourth-order valence-corrected chi connectivity index (χ4v) is 2.00. The summed E-state index contributed by atoms with van der Waals surface area (Å²) in [6, 6.07) is 12.8. The molecule has 1 amide bonds. The van der Waals surface area contributed by atoms with Crippen molar-refractivity contribution in [3.63, 3.8) is 0 Å². The van der Waals surface area contributed by atoms with Gasteiger partial charge in [0.1, 0.15) is 5.75 Å². The highest BCUT2D eigenvalue weighted by Gasteiger charge is 2.16. The van der Waals surface area contributed by atoms with Crippen molar-refractivity contribution in [2.75, 3.05) is 5.32 Å². The van der Waals surface area contributed by atoms with Crippen LogP contribution in [0.2, 0.25) is 5.02 Å². The molecule has 2 rings (SSSR count). The fraction of sp³-hybridized carbons (Fsp3) is 0.235. The molecule has 0 saturated carbocycles. The number of amides is 1. The van der Waals surface area contributed by atoms with Crippen LogP contribution in [0.4, 0.5) is 5.69 Å². The molecule has 1 N–H and O–H groups in total. The minimum Gasteiger partial charge on any atom is -0.481 e. The molecular formula is C17H18ClNO2. The van der Waals surface area contributed by atoms with Crippen LogP contribution in [0.3, 0.4) is 0 Å². The molecule has 4 heteroatoms. The molecule has 2 aromatic rings. The number of hydrogen-bond acceptors (Lipinski definition) is 2. The van der Waals surface area contributed by atoms with Gasteiger partial charge in [-0.3, -0.25) is 4.79 Å². The molecule has 0 aliphatic rings. The number of rotatable bonds is 4. The molecular weight excluding hydrogens is 286 g/mol. The summed E-state index contributed by atoms with van der Waals surface area (Å²) in [5.41, 5.74) is 2.88. The first-order valence-corrected chi connectivity index (χ1v) is 7.14. The van der Waals surface area contributed by atoms with Crippen LogP contribution in [-0.2, 0) is 4.79 Å². The maximum atomic E-state index is 12.1. The van der Waals surface area contributed by atoms with Gasteiger partial charge in [-0.2, -0.15) is 0 Å². The van der Waals surface area contributed by atoms with E-state index >= 15 is 0 Å². The minimum atomic E-state index is -0.582. The quantitative estimate of drug-likeness (QED) is 0.911. The molecule has 110 valence electrons. The molecule has 1 atom stereocenters. The Morgan fingerprint density at radius 2 is 1.81 bits per heavy atom. The number of nitrogens with one attached hydrogen (secondary N) is 1. The Morgan fingerprint density at radius 3 is 2.48 bits per heavy atom. The van der Waals surface area contributed by atoms with E-state index in [1.54, 1.807) is 31.2 Å². The van der Waals surface area contributed by atoms with E-state index in [4.69, 9.17) is 16.3 Å². The summed E-state index contributed by atoms with van der Waals surface area (Å²) in [6.07, 6.45) is -0.582. The number of anilines is 1. The molecule has 0 saturated heterocycles. The average Bonchev–Trinajstić information content (AvgIpc) is 2.46. The molecule has 0 bridgehead atoms. The minimum absolute atomic E-state index is 0.196. The highest BCUT2D eigenvalue weighted by molar-refractivity contribution is 6.30. The van der Waals surface area contributed by atoms with Gasteiger partial charge in [0.15, 0.2) is 6.10 Å². The normalized spacial score (nSPS) is 11.8.